The molecular weight excluding hydrogens is 467 g/mol. The van der Waals surface area contributed by atoms with E-state index < -0.39 is 37.3 Å². The second-order valence-electron chi connectivity index (χ2n) is 7.03. The number of hydrogen-bond acceptors (Lipinski definition) is 8. The van der Waals surface area contributed by atoms with Gasteiger partial charge in [0.25, 0.3) is 0 Å². The molecule has 2 heterocycles. The molecule has 0 spiro atoms. The Bertz CT molecular complexity index is 1060. The van der Waals surface area contributed by atoms with E-state index in [1.165, 1.54) is 36.5 Å². The van der Waals surface area contributed by atoms with E-state index in [2.05, 4.69) is 25.2 Å². The van der Waals surface area contributed by atoms with E-state index in [4.69, 9.17) is 10.5 Å². The van der Waals surface area contributed by atoms with Gasteiger partial charge in [0.1, 0.15) is 12.1 Å². The van der Waals surface area contributed by atoms with Crippen LogP contribution in [0.25, 0.3) is 11.1 Å². The fourth-order valence-electron chi connectivity index (χ4n) is 2.83. The minimum atomic E-state index is -4.45. The van der Waals surface area contributed by atoms with E-state index in [1.807, 2.05) is 0 Å². The minimum Gasteiger partial charge on any atom is -0.484 e. The molecule has 0 aliphatic rings. The lowest BCUT2D eigenvalue weighted by Crippen LogP contribution is -2.42. The van der Waals surface area contributed by atoms with Crippen LogP contribution < -0.4 is 10.5 Å². The predicted octanol–water partition coefficient (Wildman–Crippen LogP) is 2.73. The fourth-order valence-corrected chi connectivity index (χ4v) is 2.83. The highest BCUT2D eigenvalue weighted by molar-refractivity contribution is 5.69. The molecule has 0 fully saturated rings. The van der Waals surface area contributed by atoms with Crippen LogP contribution in [-0.4, -0.2) is 56.6 Å². The first kappa shape index (κ1) is 25.0. The van der Waals surface area contributed by atoms with Crippen LogP contribution in [0.3, 0.4) is 0 Å². The van der Waals surface area contributed by atoms with Crippen LogP contribution in [0.4, 0.5) is 22.0 Å². The van der Waals surface area contributed by atoms with Crippen molar-refractivity contribution in [1.82, 2.24) is 25.2 Å². The monoisotopic (exact) mass is 486 g/mol. The van der Waals surface area contributed by atoms with E-state index in [-0.39, 0.29) is 29.1 Å². The van der Waals surface area contributed by atoms with Gasteiger partial charge in [0.05, 0.1) is 6.42 Å². The number of ether oxygens (including phenoxy) is 2. The average molecular weight is 486 g/mol. The Hall–Kier alpha value is -3.68. The number of nitrogens with two attached hydrogens (primary N) is 1. The maximum absolute atomic E-state index is 14.9. The summed E-state index contributed by atoms with van der Waals surface area (Å²) < 4.78 is 76.3. The molecule has 1 unspecified atom stereocenters. The first-order valence-corrected chi connectivity index (χ1v) is 9.84. The molecule has 3 aromatic rings. The second-order valence-corrected chi connectivity index (χ2v) is 7.03. The molecule has 14 heteroatoms. The van der Waals surface area contributed by atoms with Gasteiger partial charge in [0.15, 0.2) is 12.7 Å². The van der Waals surface area contributed by atoms with Gasteiger partial charge in [-0.1, -0.05) is 18.2 Å². The van der Waals surface area contributed by atoms with Gasteiger partial charge in [-0.3, -0.25) is 9.78 Å². The Morgan fingerprint density at radius 1 is 1.06 bits per heavy atom. The molecule has 0 amide bonds. The lowest BCUT2D eigenvalue weighted by Gasteiger charge is -2.25. The quantitative estimate of drug-likeness (QED) is 0.343. The maximum atomic E-state index is 14.9. The minimum absolute atomic E-state index is 0.0395. The van der Waals surface area contributed by atoms with Crippen molar-refractivity contribution in [2.75, 3.05) is 13.2 Å². The molecule has 3 rings (SSSR count). The fraction of sp³-hybridized carbons (Fsp3) is 0.350. The third kappa shape index (κ3) is 6.66. The van der Waals surface area contributed by atoms with Crippen LogP contribution in [0.5, 0.6) is 5.75 Å². The summed E-state index contributed by atoms with van der Waals surface area (Å²) >= 11 is 0. The van der Waals surface area contributed by atoms with Crippen LogP contribution in [-0.2, 0) is 22.0 Å². The lowest BCUT2D eigenvalue weighted by atomic mass is 10.1. The molecule has 0 bridgehead atoms. The molecule has 0 aliphatic heterocycles. The van der Waals surface area contributed by atoms with E-state index in [1.54, 1.807) is 6.07 Å². The van der Waals surface area contributed by atoms with Crippen molar-refractivity contribution in [2.45, 2.75) is 31.2 Å². The molecule has 1 aromatic carbocycles. The van der Waals surface area contributed by atoms with Crippen LogP contribution in [0.15, 0.2) is 48.9 Å². The molecule has 1 atom stereocenters. The third-order valence-electron chi connectivity index (χ3n) is 4.47. The number of tetrazole rings is 1. The molecule has 2 aromatic heterocycles. The summed E-state index contributed by atoms with van der Waals surface area (Å²) in [5.41, 5.74) is 6.66. The third-order valence-corrected chi connectivity index (χ3v) is 4.47. The zero-order valence-corrected chi connectivity index (χ0v) is 17.5. The summed E-state index contributed by atoms with van der Waals surface area (Å²) in [4.78, 5) is 16.0. The Morgan fingerprint density at radius 3 is 2.32 bits per heavy atom. The molecule has 182 valence electrons. The standard InChI is InChI=1S/C20H19F5N6O3/c21-19(22,23)11-33-16-5-2-13(3-6-16)14-1-4-15(27-10-14)9-17(34-18(32)7-8-26)20(24,25)31-12-28-29-30-31/h1-6,10,12,17H,7-9,11,26H2. The van der Waals surface area contributed by atoms with Crippen molar-refractivity contribution in [3.63, 3.8) is 0 Å². The molecule has 2 N–H and O–H groups in total. The summed E-state index contributed by atoms with van der Waals surface area (Å²) in [6.07, 6.45) is -5.02. The molecule has 0 aliphatic carbocycles. The van der Waals surface area contributed by atoms with Crippen molar-refractivity contribution in [2.24, 2.45) is 5.73 Å². The molecular formula is C20H19F5N6O3. The Labute approximate surface area is 189 Å². The van der Waals surface area contributed by atoms with Gasteiger partial charge in [0, 0.05) is 30.4 Å². The van der Waals surface area contributed by atoms with Gasteiger partial charge in [-0.15, -0.1) is 5.10 Å². The van der Waals surface area contributed by atoms with Crippen molar-refractivity contribution in [3.05, 3.63) is 54.6 Å². The number of nitrogens with zero attached hydrogens (tertiary/aromatic N) is 5. The molecule has 0 saturated heterocycles. The van der Waals surface area contributed by atoms with Crippen molar-refractivity contribution in [1.29, 1.82) is 0 Å². The van der Waals surface area contributed by atoms with Crippen molar-refractivity contribution >= 4 is 5.97 Å². The van der Waals surface area contributed by atoms with Gasteiger partial charge < -0.3 is 15.2 Å². The first-order valence-electron chi connectivity index (χ1n) is 9.84. The van der Waals surface area contributed by atoms with Crippen LogP contribution in [0, 0.1) is 0 Å². The van der Waals surface area contributed by atoms with E-state index in [0.29, 0.717) is 17.5 Å². The molecule has 9 nitrogen and oxygen atoms in total. The number of rotatable bonds is 10. The van der Waals surface area contributed by atoms with Crippen molar-refractivity contribution in [3.8, 4) is 16.9 Å². The Kier molecular flexibility index (Phi) is 7.71. The summed E-state index contributed by atoms with van der Waals surface area (Å²) in [5, 5.41) is 9.55. The number of aromatic nitrogens is 5. The number of carbonyl (C=O) groups excluding carboxylic acids is 1. The van der Waals surface area contributed by atoms with Gasteiger partial charge >= 0.3 is 18.2 Å². The van der Waals surface area contributed by atoms with Crippen LogP contribution in [0.1, 0.15) is 12.1 Å². The number of halogens is 5. The topological polar surface area (TPSA) is 118 Å². The van der Waals surface area contributed by atoms with Gasteiger partial charge in [-0.05, 0) is 34.2 Å². The highest BCUT2D eigenvalue weighted by Crippen LogP contribution is 2.30. The summed E-state index contributed by atoms with van der Waals surface area (Å²) in [6.45, 7) is -1.48. The van der Waals surface area contributed by atoms with Crippen LogP contribution >= 0.6 is 0 Å². The summed E-state index contributed by atoms with van der Waals surface area (Å²) in [5.74, 6) is -0.873. The number of pyridine rings is 1. The average Bonchev–Trinajstić information content (AvgIpc) is 3.34. The number of carbonyl (C=O) groups is 1. The smallest absolute Gasteiger partial charge is 0.422 e. The lowest BCUT2D eigenvalue weighted by molar-refractivity contribution is -0.205. The Morgan fingerprint density at radius 2 is 1.76 bits per heavy atom. The highest BCUT2D eigenvalue weighted by Gasteiger charge is 2.46. The number of benzene rings is 1. The first-order chi connectivity index (χ1) is 16.1. The van der Waals surface area contributed by atoms with E-state index in [9.17, 15) is 26.7 Å². The van der Waals surface area contributed by atoms with E-state index in [0.717, 1.165) is 0 Å². The molecule has 0 radical (unpaired) electrons. The largest absolute Gasteiger partial charge is 0.484 e. The molecule has 34 heavy (non-hydrogen) atoms. The summed E-state index contributed by atoms with van der Waals surface area (Å²) in [6, 6.07) is 5.09. The highest BCUT2D eigenvalue weighted by atomic mass is 19.4. The van der Waals surface area contributed by atoms with Crippen LogP contribution in [0.2, 0.25) is 0 Å². The van der Waals surface area contributed by atoms with Gasteiger partial charge in [-0.25, -0.2) is 0 Å². The predicted molar refractivity (Wildman–Crippen MR) is 106 cm³/mol. The maximum Gasteiger partial charge on any atom is 0.422 e. The van der Waals surface area contributed by atoms with Gasteiger partial charge in [-0.2, -0.15) is 26.6 Å². The van der Waals surface area contributed by atoms with Crippen molar-refractivity contribution < 1.29 is 36.2 Å². The Balaban J connectivity index is 1.73. The number of alkyl halides is 5. The molecule has 0 saturated carbocycles. The summed E-state index contributed by atoms with van der Waals surface area (Å²) in [7, 11) is 0. The zero-order chi connectivity index (χ0) is 24.8. The van der Waals surface area contributed by atoms with Gasteiger partial charge in [0.2, 0.25) is 0 Å². The number of hydrogen-bond donors (Lipinski definition) is 1. The normalized spacial score (nSPS) is 12.9. The second kappa shape index (κ2) is 10.5. The SMILES string of the molecule is NCCC(=O)OC(Cc1ccc(-c2ccc(OCC(F)(F)F)cc2)cn1)C(F)(F)n1cnnn1. The number of esters is 1. The zero-order valence-electron chi connectivity index (χ0n) is 17.5. The van der Waals surface area contributed by atoms with E-state index >= 15 is 0 Å².